The topological polar surface area (TPSA) is 30.5 Å². The van der Waals surface area contributed by atoms with E-state index in [1.165, 1.54) is 24.1 Å². The summed E-state index contributed by atoms with van der Waals surface area (Å²) in [6.45, 7) is 5.89. The van der Waals surface area contributed by atoms with Crippen molar-refractivity contribution in [3.8, 4) is 5.75 Å². The van der Waals surface area contributed by atoms with E-state index in [1.807, 2.05) is 0 Å². The SMILES string of the molecule is COC(C)(C)CCOc1ccc2c(c1)NCCC2. The highest BCUT2D eigenvalue weighted by Crippen LogP contribution is 2.27. The Hall–Kier alpha value is -1.22. The van der Waals surface area contributed by atoms with Crippen LogP contribution in [0.25, 0.3) is 0 Å². The minimum atomic E-state index is -0.119. The standard InChI is InChI=1S/C15H23NO2/c1-15(2,17-3)8-10-18-13-7-6-12-5-4-9-16-14(12)11-13/h6-7,11,16H,4-5,8-10H2,1-3H3. The van der Waals surface area contributed by atoms with Gasteiger partial charge in [-0.1, -0.05) is 6.07 Å². The summed E-state index contributed by atoms with van der Waals surface area (Å²) in [5.41, 5.74) is 2.50. The second-order valence-electron chi connectivity index (χ2n) is 5.41. The number of benzene rings is 1. The van der Waals surface area contributed by atoms with Crippen LogP contribution < -0.4 is 10.1 Å². The summed E-state index contributed by atoms with van der Waals surface area (Å²) < 4.78 is 11.2. The molecule has 0 aromatic heterocycles. The molecule has 3 heteroatoms. The molecule has 1 heterocycles. The predicted molar refractivity (Wildman–Crippen MR) is 74.5 cm³/mol. The third-order valence-corrected chi connectivity index (χ3v) is 3.55. The van der Waals surface area contributed by atoms with Gasteiger partial charge in [-0.25, -0.2) is 0 Å². The van der Waals surface area contributed by atoms with Crippen molar-refractivity contribution in [3.63, 3.8) is 0 Å². The first-order valence-electron chi connectivity index (χ1n) is 6.65. The summed E-state index contributed by atoms with van der Waals surface area (Å²) in [4.78, 5) is 0. The Bertz CT molecular complexity index is 401. The van der Waals surface area contributed by atoms with Crippen molar-refractivity contribution in [1.29, 1.82) is 0 Å². The van der Waals surface area contributed by atoms with E-state index in [0.29, 0.717) is 6.61 Å². The lowest BCUT2D eigenvalue weighted by molar-refractivity contribution is 0.00546. The van der Waals surface area contributed by atoms with Crippen LogP contribution in [0.3, 0.4) is 0 Å². The monoisotopic (exact) mass is 249 g/mol. The van der Waals surface area contributed by atoms with Crippen LogP contribution in [0, 0.1) is 0 Å². The minimum Gasteiger partial charge on any atom is -0.493 e. The maximum Gasteiger partial charge on any atom is 0.121 e. The quantitative estimate of drug-likeness (QED) is 0.869. The molecule has 1 N–H and O–H groups in total. The van der Waals surface area contributed by atoms with Crippen molar-refractivity contribution in [2.24, 2.45) is 0 Å². The van der Waals surface area contributed by atoms with Gasteiger partial charge in [-0.2, -0.15) is 0 Å². The molecule has 1 aliphatic rings. The van der Waals surface area contributed by atoms with E-state index in [4.69, 9.17) is 9.47 Å². The number of methoxy groups -OCH3 is 1. The van der Waals surface area contributed by atoms with Crippen LogP contribution in [0.15, 0.2) is 18.2 Å². The fourth-order valence-electron chi connectivity index (χ4n) is 2.05. The van der Waals surface area contributed by atoms with Gasteiger partial charge in [0, 0.05) is 31.8 Å². The average molecular weight is 249 g/mol. The number of aryl methyl sites for hydroxylation is 1. The number of hydrogen-bond donors (Lipinski definition) is 1. The molecule has 18 heavy (non-hydrogen) atoms. The second-order valence-corrected chi connectivity index (χ2v) is 5.41. The summed E-state index contributed by atoms with van der Waals surface area (Å²) in [6, 6.07) is 6.33. The van der Waals surface area contributed by atoms with E-state index in [2.05, 4.69) is 37.4 Å². The molecule has 0 fully saturated rings. The highest BCUT2D eigenvalue weighted by Gasteiger charge is 2.16. The van der Waals surface area contributed by atoms with Crippen molar-refractivity contribution in [1.82, 2.24) is 0 Å². The molecule has 0 bridgehead atoms. The third kappa shape index (κ3) is 3.39. The van der Waals surface area contributed by atoms with Crippen LogP contribution in [0.5, 0.6) is 5.75 Å². The Labute approximate surface area is 109 Å². The van der Waals surface area contributed by atoms with E-state index in [-0.39, 0.29) is 5.60 Å². The van der Waals surface area contributed by atoms with Crippen LogP contribution in [0.4, 0.5) is 5.69 Å². The highest BCUT2D eigenvalue weighted by molar-refractivity contribution is 5.56. The Morgan fingerprint density at radius 2 is 2.17 bits per heavy atom. The van der Waals surface area contributed by atoms with Crippen LogP contribution in [-0.4, -0.2) is 25.9 Å². The molecule has 1 aromatic carbocycles. The van der Waals surface area contributed by atoms with E-state index >= 15 is 0 Å². The van der Waals surface area contributed by atoms with Crippen LogP contribution in [0.2, 0.25) is 0 Å². The van der Waals surface area contributed by atoms with Gasteiger partial charge in [0.15, 0.2) is 0 Å². The van der Waals surface area contributed by atoms with E-state index in [9.17, 15) is 0 Å². The fraction of sp³-hybridized carbons (Fsp3) is 0.600. The van der Waals surface area contributed by atoms with Crippen molar-refractivity contribution in [3.05, 3.63) is 23.8 Å². The number of ether oxygens (including phenoxy) is 2. The van der Waals surface area contributed by atoms with Gasteiger partial charge in [-0.05, 0) is 38.3 Å². The first-order valence-corrected chi connectivity index (χ1v) is 6.65. The molecule has 2 rings (SSSR count). The fourth-order valence-corrected chi connectivity index (χ4v) is 2.05. The van der Waals surface area contributed by atoms with E-state index < -0.39 is 0 Å². The zero-order valence-corrected chi connectivity index (χ0v) is 11.6. The molecule has 0 spiro atoms. The summed E-state index contributed by atoms with van der Waals surface area (Å²) in [6.07, 6.45) is 3.27. The summed E-state index contributed by atoms with van der Waals surface area (Å²) in [7, 11) is 1.74. The molecule has 0 saturated carbocycles. The molecule has 0 atom stereocenters. The summed E-state index contributed by atoms with van der Waals surface area (Å²) >= 11 is 0. The Morgan fingerprint density at radius 1 is 1.33 bits per heavy atom. The van der Waals surface area contributed by atoms with Gasteiger partial charge in [0.05, 0.1) is 12.2 Å². The molecule has 0 aliphatic carbocycles. The van der Waals surface area contributed by atoms with Crippen LogP contribution in [0.1, 0.15) is 32.3 Å². The molecular weight excluding hydrogens is 226 g/mol. The van der Waals surface area contributed by atoms with Gasteiger partial charge in [-0.15, -0.1) is 0 Å². The molecule has 0 radical (unpaired) electrons. The first-order chi connectivity index (χ1) is 8.61. The Balaban J connectivity index is 1.90. The van der Waals surface area contributed by atoms with Crippen molar-refractivity contribution < 1.29 is 9.47 Å². The maximum absolute atomic E-state index is 5.79. The zero-order valence-electron chi connectivity index (χ0n) is 11.6. The Morgan fingerprint density at radius 3 is 2.94 bits per heavy atom. The van der Waals surface area contributed by atoms with Gasteiger partial charge in [0.25, 0.3) is 0 Å². The van der Waals surface area contributed by atoms with Gasteiger partial charge in [0.1, 0.15) is 5.75 Å². The zero-order chi connectivity index (χ0) is 13.0. The number of hydrogen-bond acceptors (Lipinski definition) is 3. The maximum atomic E-state index is 5.79. The average Bonchev–Trinajstić information content (AvgIpc) is 2.38. The van der Waals surface area contributed by atoms with E-state index in [0.717, 1.165) is 18.7 Å². The Kier molecular flexibility index (Phi) is 4.12. The third-order valence-electron chi connectivity index (χ3n) is 3.55. The normalized spacial score (nSPS) is 14.8. The van der Waals surface area contributed by atoms with E-state index in [1.54, 1.807) is 7.11 Å². The molecule has 0 saturated heterocycles. The molecule has 3 nitrogen and oxygen atoms in total. The van der Waals surface area contributed by atoms with Crippen LogP contribution in [-0.2, 0) is 11.2 Å². The number of anilines is 1. The van der Waals surface area contributed by atoms with Gasteiger partial charge in [0.2, 0.25) is 0 Å². The second kappa shape index (κ2) is 5.61. The lowest BCUT2D eigenvalue weighted by atomic mass is 10.0. The number of rotatable bonds is 5. The summed E-state index contributed by atoms with van der Waals surface area (Å²) in [5, 5.41) is 3.42. The smallest absolute Gasteiger partial charge is 0.121 e. The lowest BCUT2D eigenvalue weighted by Crippen LogP contribution is -2.25. The largest absolute Gasteiger partial charge is 0.493 e. The summed E-state index contributed by atoms with van der Waals surface area (Å²) in [5.74, 6) is 0.940. The van der Waals surface area contributed by atoms with Gasteiger partial charge in [-0.3, -0.25) is 0 Å². The molecule has 0 unspecified atom stereocenters. The highest BCUT2D eigenvalue weighted by atomic mass is 16.5. The molecule has 1 aliphatic heterocycles. The molecular formula is C15H23NO2. The number of fused-ring (bicyclic) bond motifs is 1. The predicted octanol–water partition coefficient (Wildman–Crippen LogP) is 3.24. The first kappa shape index (κ1) is 13.2. The van der Waals surface area contributed by atoms with Crippen LogP contribution >= 0.6 is 0 Å². The van der Waals surface area contributed by atoms with Gasteiger partial charge >= 0.3 is 0 Å². The van der Waals surface area contributed by atoms with Gasteiger partial charge < -0.3 is 14.8 Å². The minimum absolute atomic E-state index is 0.119. The number of nitrogens with one attached hydrogen (secondary N) is 1. The lowest BCUT2D eigenvalue weighted by Gasteiger charge is -2.23. The van der Waals surface area contributed by atoms with Crippen molar-refractivity contribution in [2.75, 3.05) is 25.6 Å². The van der Waals surface area contributed by atoms with Crippen molar-refractivity contribution >= 4 is 5.69 Å². The van der Waals surface area contributed by atoms with Crippen molar-refractivity contribution in [2.45, 2.75) is 38.7 Å². The molecule has 100 valence electrons. The molecule has 0 amide bonds. The molecule has 1 aromatic rings.